The monoisotopic (exact) mass is 566 g/mol. The highest BCUT2D eigenvalue weighted by Crippen LogP contribution is 2.40. The fourth-order valence-electron chi connectivity index (χ4n) is 5.99. The second kappa shape index (κ2) is 12.3. The number of benzene rings is 1. The Labute approximate surface area is 246 Å². The van der Waals surface area contributed by atoms with Crippen molar-refractivity contribution in [2.24, 2.45) is 17.8 Å². The molecular formula is C31H38N10O. The van der Waals surface area contributed by atoms with Gasteiger partial charge in [0.15, 0.2) is 0 Å². The summed E-state index contributed by atoms with van der Waals surface area (Å²) in [6, 6.07) is 8.72. The van der Waals surface area contributed by atoms with E-state index >= 15 is 0 Å². The fourth-order valence-corrected chi connectivity index (χ4v) is 5.99. The molecule has 1 saturated heterocycles. The molecule has 1 aliphatic heterocycles. The van der Waals surface area contributed by atoms with Gasteiger partial charge in [0, 0.05) is 82.3 Å². The van der Waals surface area contributed by atoms with Gasteiger partial charge in [0.1, 0.15) is 0 Å². The number of rotatable bonds is 9. The molecule has 1 fully saturated rings. The number of allylic oxidation sites excluding steroid dienone is 1. The number of aliphatic imine (C=N–C) groups is 1. The minimum absolute atomic E-state index is 0.390. The second-order valence-electron chi connectivity index (χ2n) is 10.8. The zero-order chi connectivity index (χ0) is 29.1. The quantitative estimate of drug-likeness (QED) is 0.293. The number of nitrogens with two attached hydrogens (primary N) is 1. The van der Waals surface area contributed by atoms with Crippen LogP contribution in [0.25, 0.3) is 28.1 Å². The Bertz CT molecular complexity index is 1590. The predicted molar refractivity (Wildman–Crippen MR) is 166 cm³/mol. The molecule has 4 aromatic rings. The van der Waals surface area contributed by atoms with Crippen molar-refractivity contribution >= 4 is 23.4 Å². The summed E-state index contributed by atoms with van der Waals surface area (Å²) in [5, 5.41) is 12.9. The third-order valence-electron chi connectivity index (χ3n) is 8.19. The number of hydrogen-bond donors (Lipinski definition) is 2. The van der Waals surface area contributed by atoms with Gasteiger partial charge in [-0.3, -0.25) is 14.4 Å². The first-order valence-electron chi connectivity index (χ1n) is 14.5. The Balaban J connectivity index is 1.23. The minimum Gasteiger partial charge on any atom is -0.404 e. The lowest BCUT2D eigenvalue weighted by Gasteiger charge is -2.31. The summed E-state index contributed by atoms with van der Waals surface area (Å²) in [7, 11) is 5.49. The molecule has 42 heavy (non-hydrogen) atoms. The number of fused-ring (bicyclic) bond motifs is 3. The van der Waals surface area contributed by atoms with Crippen LogP contribution in [0.3, 0.4) is 0 Å². The van der Waals surface area contributed by atoms with Gasteiger partial charge >= 0.3 is 0 Å². The van der Waals surface area contributed by atoms with E-state index in [0.717, 1.165) is 103 Å². The molecule has 0 atom stereocenters. The lowest BCUT2D eigenvalue weighted by molar-refractivity contribution is 0.119. The fraction of sp³-hybridized carbons (Fsp3) is 0.387. The van der Waals surface area contributed by atoms with Gasteiger partial charge < -0.3 is 20.7 Å². The third-order valence-corrected chi connectivity index (χ3v) is 8.19. The summed E-state index contributed by atoms with van der Waals surface area (Å²) in [5.74, 6) is 0.553. The number of aryl methyl sites for hydroxylation is 3. The Morgan fingerprint density at radius 2 is 1.98 bits per heavy atom. The number of hydrogen-bond acceptors (Lipinski definition) is 9. The van der Waals surface area contributed by atoms with E-state index < -0.39 is 0 Å². The van der Waals surface area contributed by atoms with Crippen LogP contribution in [0.1, 0.15) is 35.7 Å². The van der Waals surface area contributed by atoms with E-state index in [1.54, 1.807) is 26.6 Å². The molecule has 1 aromatic carbocycles. The highest BCUT2D eigenvalue weighted by atomic mass is 16.5. The number of ether oxygens (including phenoxy) is 1. The molecule has 2 aliphatic rings. The van der Waals surface area contributed by atoms with E-state index in [-0.39, 0.29) is 0 Å². The molecule has 4 heterocycles. The first-order valence-corrected chi connectivity index (χ1v) is 14.5. The summed E-state index contributed by atoms with van der Waals surface area (Å²) < 4.78 is 9.27. The van der Waals surface area contributed by atoms with Crippen molar-refractivity contribution < 1.29 is 4.74 Å². The Hall–Kier alpha value is -4.35. The highest BCUT2D eigenvalue weighted by Gasteiger charge is 2.27. The van der Waals surface area contributed by atoms with E-state index in [1.807, 2.05) is 24.1 Å². The lowest BCUT2D eigenvalue weighted by atomic mass is 9.91. The second-order valence-corrected chi connectivity index (χ2v) is 10.8. The van der Waals surface area contributed by atoms with Crippen molar-refractivity contribution in [3.63, 3.8) is 0 Å². The highest BCUT2D eigenvalue weighted by molar-refractivity contribution is 6.09. The normalized spacial score (nSPS) is 16.1. The van der Waals surface area contributed by atoms with Gasteiger partial charge in [0.05, 0.1) is 41.6 Å². The van der Waals surface area contributed by atoms with Gasteiger partial charge in [-0.05, 0) is 36.8 Å². The molecule has 3 aromatic heterocycles. The van der Waals surface area contributed by atoms with E-state index in [1.165, 1.54) is 0 Å². The van der Waals surface area contributed by atoms with Crippen molar-refractivity contribution in [1.29, 1.82) is 0 Å². The first kappa shape index (κ1) is 27.8. The maximum Gasteiger partial charge on any atom is 0.227 e. The van der Waals surface area contributed by atoms with Gasteiger partial charge in [-0.1, -0.05) is 24.3 Å². The maximum absolute atomic E-state index is 5.82. The summed E-state index contributed by atoms with van der Waals surface area (Å²) >= 11 is 0. The summed E-state index contributed by atoms with van der Waals surface area (Å²) in [4.78, 5) is 16.2. The van der Waals surface area contributed by atoms with Crippen LogP contribution in [-0.2, 0) is 24.6 Å². The first-order chi connectivity index (χ1) is 20.6. The molecule has 0 bridgehead atoms. The molecule has 0 radical (unpaired) electrons. The van der Waals surface area contributed by atoms with Crippen LogP contribution < -0.4 is 11.1 Å². The van der Waals surface area contributed by atoms with Gasteiger partial charge in [-0.15, -0.1) is 0 Å². The zero-order valence-corrected chi connectivity index (χ0v) is 24.5. The van der Waals surface area contributed by atoms with Gasteiger partial charge in [0.2, 0.25) is 5.95 Å². The van der Waals surface area contributed by atoms with Gasteiger partial charge in [-0.2, -0.15) is 10.2 Å². The van der Waals surface area contributed by atoms with Crippen LogP contribution in [0.15, 0.2) is 54.0 Å². The standard InChI is InChI=1S/C31H38N10O/c1-33-17-24(16-32)21-4-6-22(7-5-21)30-28-27(38-39(30)2)9-8-23-18-34-31(37-29(23)28)36-25-19-35-41(20-25)26-10-12-40(13-11-26)14-15-42-3/h4-7,16-20,26H,8-15,32H2,1-3H3,(H,34,36,37)/b24-16+,33-17?. The van der Waals surface area contributed by atoms with Crippen LogP contribution in [0.4, 0.5) is 11.6 Å². The third kappa shape index (κ3) is 5.57. The predicted octanol–water partition coefficient (Wildman–Crippen LogP) is 3.87. The molecule has 0 spiro atoms. The van der Waals surface area contributed by atoms with Crippen molar-refractivity contribution in [3.8, 4) is 22.5 Å². The number of aromatic nitrogens is 6. The molecule has 218 valence electrons. The molecular weight excluding hydrogens is 528 g/mol. The van der Waals surface area contributed by atoms with Crippen LogP contribution in [0.5, 0.6) is 0 Å². The van der Waals surface area contributed by atoms with E-state index in [2.05, 4.69) is 60.4 Å². The molecule has 11 nitrogen and oxygen atoms in total. The van der Waals surface area contributed by atoms with Crippen LogP contribution in [0, 0.1) is 0 Å². The number of nitrogens with zero attached hydrogens (tertiary/aromatic N) is 8. The summed E-state index contributed by atoms with van der Waals surface area (Å²) in [5.41, 5.74) is 14.9. The molecule has 0 amide bonds. The number of likely N-dealkylation sites (tertiary alicyclic amines) is 1. The van der Waals surface area contributed by atoms with E-state index in [4.69, 9.17) is 20.6 Å². The van der Waals surface area contributed by atoms with E-state index in [9.17, 15) is 0 Å². The van der Waals surface area contributed by atoms with Crippen LogP contribution in [-0.4, -0.2) is 81.0 Å². The molecule has 0 saturated carbocycles. The van der Waals surface area contributed by atoms with Crippen molar-refractivity contribution in [2.75, 3.05) is 45.7 Å². The Kier molecular flexibility index (Phi) is 8.11. The van der Waals surface area contributed by atoms with Gasteiger partial charge in [0.25, 0.3) is 0 Å². The molecule has 1 aliphatic carbocycles. The molecule has 11 heteroatoms. The Morgan fingerprint density at radius 3 is 2.71 bits per heavy atom. The SMILES string of the molecule is CN=C/C(=C\N)c1ccc(-c2c3c(nn2C)CCc2cnc(Nc4cnn(C5CCN(CCOC)CC5)c4)nc2-3)cc1. The van der Waals surface area contributed by atoms with Crippen molar-refractivity contribution in [3.05, 3.63) is 65.9 Å². The van der Waals surface area contributed by atoms with Crippen LogP contribution >= 0.6 is 0 Å². The smallest absolute Gasteiger partial charge is 0.227 e. The van der Waals surface area contributed by atoms with Gasteiger partial charge in [-0.25, -0.2) is 9.97 Å². The largest absolute Gasteiger partial charge is 0.404 e. The number of methoxy groups -OCH3 is 1. The zero-order valence-electron chi connectivity index (χ0n) is 24.5. The lowest BCUT2D eigenvalue weighted by Crippen LogP contribution is -2.36. The summed E-state index contributed by atoms with van der Waals surface area (Å²) in [6.45, 7) is 3.87. The number of nitrogens with one attached hydrogen (secondary N) is 1. The van der Waals surface area contributed by atoms with Crippen molar-refractivity contribution in [2.45, 2.75) is 31.7 Å². The van der Waals surface area contributed by atoms with Crippen LogP contribution in [0.2, 0.25) is 0 Å². The minimum atomic E-state index is 0.390. The summed E-state index contributed by atoms with van der Waals surface area (Å²) in [6.07, 6.45) is 13.1. The average Bonchev–Trinajstić information content (AvgIpc) is 3.63. The van der Waals surface area contributed by atoms with E-state index in [0.29, 0.717) is 12.0 Å². The maximum atomic E-state index is 5.82. The van der Waals surface area contributed by atoms with Crippen molar-refractivity contribution in [1.82, 2.24) is 34.4 Å². The topological polar surface area (TPSA) is 124 Å². The number of anilines is 2. The number of piperidine rings is 1. The molecule has 0 unspecified atom stereocenters. The average molecular weight is 567 g/mol. The molecule has 6 rings (SSSR count). The Morgan fingerprint density at radius 1 is 1.17 bits per heavy atom. The molecule has 3 N–H and O–H groups in total.